The molecule has 2 unspecified atom stereocenters. The average Bonchev–Trinajstić information content (AvgIpc) is 2.59. The van der Waals surface area contributed by atoms with Crippen LogP contribution in [-0.4, -0.2) is 42.0 Å². The van der Waals surface area contributed by atoms with Crippen LogP contribution in [0.2, 0.25) is 0 Å². The topological polar surface area (TPSA) is 45.2 Å². The number of hydrogen-bond donors (Lipinski definition) is 1. The van der Waals surface area contributed by atoms with Gasteiger partial charge in [0, 0.05) is 36.8 Å². The Balaban J connectivity index is 1.51. The summed E-state index contributed by atoms with van der Waals surface area (Å²) in [6, 6.07) is 6.15. The molecule has 1 aliphatic heterocycles. The molecule has 1 fully saturated rings. The summed E-state index contributed by atoms with van der Waals surface area (Å²) in [5.74, 6) is 1.11. The van der Waals surface area contributed by atoms with E-state index in [1.165, 1.54) is 31.6 Å². The van der Waals surface area contributed by atoms with E-state index in [4.69, 9.17) is 0 Å². The largest absolute Gasteiger partial charge is 0.352 e. The van der Waals surface area contributed by atoms with Crippen LogP contribution in [0.5, 0.6) is 0 Å². The van der Waals surface area contributed by atoms with Crippen LogP contribution in [0, 0.1) is 24.6 Å². The molecule has 4 nitrogen and oxygen atoms in total. The van der Waals surface area contributed by atoms with Crippen molar-refractivity contribution in [2.24, 2.45) is 11.8 Å². The molecule has 1 aliphatic rings. The molecule has 1 amide bonds. The molecule has 2 heterocycles. The number of halogens is 1. The minimum absolute atomic E-state index is 0.114. The third kappa shape index (κ3) is 5.25. The fraction of sp³-hybridized carbons (Fsp3) is 0.545. The van der Waals surface area contributed by atoms with Gasteiger partial charge in [-0.2, -0.15) is 0 Å². The molecule has 1 saturated heterocycles. The molecule has 5 heteroatoms. The van der Waals surface area contributed by atoms with Gasteiger partial charge in [0.2, 0.25) is 0 Å². The van der Waals surface area contributed by atoms with Crippen LogP contribution in [0.3, 0.4) is 0 Å². The number of fused-ring (bicyclic) bond motifs is 1. The number of rotatable bonds is 6. The number of carbonyl (C=O) groups excluding carboxylic acids is 1. The number of piperidine rings is 1. The molecule has 1 aromatic carbocycles. The maximum absolute atomic E-state index is 13.4. The Labute approximate surface area is 161 Å². The summed E-state index contributed by atoms with van der Waals surface area (Å²) in [4.78, 5) is 19.5. The SMILES string of the molecule is Cc1cc(C(=O)NCCCCN2CC(C)CC(C)C2)c2ccc(F)cc2n1. The number of benzene rings is 1. The van der Waals surface area contributed by atoms with Crippen LogP contribution in [-0.2, 0) is 0 Å². The van der Waals surface area contributed by atoms with Crippen LogP contribution in [0.25, 0.3) is 10.9 Å². The lowest BCUT2D eigenvalue weighted by Gasteiger charge is -2.34. The standard InChI is InChI=1S/C22H30FN3O/c1-15-10-16(2)14-26(13-15)9-5-4-8-24-22(27)20-11-17(3)25-21-12-18(23)6-7-19(20)21/h6-7,11-12,15-16H,4-5,8-10,13-14H2,1-3H3,(H,24,27). The van der Waals surface area contributed by atoms with Crippen LogP contribution in [0.15, 0.2) is 24.3 Å². The zero-order chi connectivity index (χ0) is 19.4. The molecule has 0 spiro atoms. The van der Waals surface area contributed by atoms with E-state index in [0.29, 0.717) is 28.7 Å². The third-order valence-electron chi connectivity index (χ3n) is 5.28. The van der Waals surface area contributed by atoms with Crippen molar-refractivity contribution < 1.29 is 9.18 Å². The molecule has 3 rings (SSSR count). The lowest BCUT2D eigenvalue weighted by Crippen LogP contribution is -2.39. The van der Waals surface area contributed by atoms with Gasteiger partial charge in [-0.3, -0.25) is 9.78 Å². The number of hydrogen-bond acceptors (Lipinski definition) is 3. The summed E-state index contributed by atoms with van der Waals surface area (Å²) in [5.41, 5.74) is 1.80. The number of unbranched alkanes of at least 4 members (excludes halogenated alkanes) is 1. The Kier molecular flexibility index (Phi) is 6.42. The normalized spacial score (nSPS) is 20.7. The number of amides is 1. The van der Waals surface area contributed by atoms with Crippen molar-refractivity contribution in [3.63, 3.8) is 0 Å². The first-order chi connectivity index (χ1) is 12.9. The first-order valence-electron chi connectivity index (χ1n) is 10.00. The van der Waals surface area contributed by atoms with E-state index < -0.39 is 0 Å². The van der Waals surface area contributed by atoms with Gasteiger partial charge in [-0.1, -0.05) is 13.8 Å². The predicted octanol–water partition coefficient (Wildman–Crippen LogP) is 4.17. The Morgan fingerprint density at radius 2 is 1.96 bits per heavy atom. The number of aromatic nitrogens is 1. The highest BCUT2D eigenvalue weighted by molar-refractivity contribution is 6.06. The highest BCUT2D eigenvalue weighted by Crippen LogP contribution is 2.21. The van der Waals surface area contributed by atoms with E-state index in [0.717, 1.165) is 31.2 Å². The molecule has 27 heavy (non-hydrogen) atoms. The third-order valence-corrected chi connectivity index (χ3v) is 5.28. The predicted molar refractivity (Wildman–Crippen MR) is 107 cm³/mol. The van der Waals surface area contributed by atoms with Crippen LogP contribution >= 0.6 is 0 Å². The first-order valence-corrected chi connectivity index (χ1v) is 10.00. The molecule has 146 valence electrons. The maximum atomic E-state index is 13.4. The quantitative estimate of drug-likeness (QED) is 0.775. The summed E-state index contributed by atoms with van der Waals surface area (Å²) in [6.45, 7) is 10.6. The van der Waals surface area contributed by atoms with Crippen molar-refractivity contribution >= 4 is 16.8 Å². The second-order valence-corrected chi connectivity index (χ2v) is 8.14. The van der Waals surface area contributed by atoms with Crippen molar-refractivity contribution in [3.8, 4) is 0 Å². The van der Waals surface area contributed by atoms with Crippen molar-refractivity contribution in [2.45, 2.75) is 40.0 Å². The van der Waals surface area contributed by atoms with Crippen molar-refractivity contribution in [3.05, 3.63) is 41.3 Å². The highest BCUT2D eigenvalue weighted by Gasteiger charge is 2.21. The van der Waals surface area contributed by atoms with E-state index in [1.807, 2.05) is 6.92 Å². The van der Waals surface area contributed by atoms with E-state index in [9.17, 15) is 9.18 Å². The van der Waals surface area contributed by atoms with Gasteiger partial charge < -0.3 is 10.2 Å². The maximum Gasteiger partial charge on any atom is 0.252 e. The second-order valence-electron chi connectivity index (χ2n) is 8.14. The molecule has 1 aromatic heterocycles. The van der Waals surface area contributed by atoms with E-state index in [2.05, 4.69) is 29.0 Å². The summed E-state index contributed by atoms with van der Waals surface area (Å²) >= 11 is 0. The minimum atomic E-state index is -0.340. The average molecular weight is 372 g/mol. The number of nitrogens with zero attached hydrogens (tertiary/aromatic N) is 2. The van der Waals surface area contributed by atoms with Gasteiger partial charge in [-0.05, 0) is 62.8 Å². The van der Waals surface area contributed by atoms with Crippen molar-refractivity contribution in [2.75, 3.05) is 26.2 Å². The molecule has 0 saturated carbocycles. The first kappa shape index (κ1) is 19.7. The van der Waals surface area contributed by atoms with Gasteiger partial charge in [-0.25, -0.2) is 4.39 Å². The number of nitrogens with one attached hydrogen (secondary N) is 1. The number of pyridine rings is 1. The lowest BCUT2D eigenvalue weighted by molar-refractivity contribution is 0.0953. The summed E-state index contributed by atoms with van der Waals surface area (Å²) in [6.07, 6.45) is 3.37. The molecular weight excluding hydrogens is 341 g/mol. The Morgan fingerprint density at radius 1 is 1.22 bits per heavy atom. The van der Waals surface area contributed by atoms with E-state index in [-0.39, 0.29) is 11.7 Å². The van der Waals surface area contributed by atoms with Gasteiger partial charge in [0.25, 0.3) is 5.91 Å². The monoisotopic (exact) mass is 371 g/mol. The van der Waals surface area contributed by atoms with Gasteiger partial charge in [-0.15, -0.1) is 0 Å². The zero-order valence-electron chi connectivity index (χ0n) is 16.6. The fourth-order valence-corrected chi connectivity index (χ4v) is 4.25. The molecule has 2 aromatic rings. The van der Waals surface area contributed by atoms with Crippen molar-refractivity contribution in [1.82, 2.24) is 15.2 Å². The van der Waals surface area contributed by atoms with Crippen molar-refractivity contribution in [1.29, 1.82) is 0 Å². The smallest absolute Gasteiger partial charge is 0.252 e. The summed E-state index contributed by atoms with van der Waals surface area (Å²) in [7, 11) is 0. The fourth-order valence-electron chi connectivity index (χ4n) is 4.25. The van der Waals surface area contributed by atoms with E-state index >= 15 is 0 Å². The van der Waals surface area contributed by atoms with Gasteiger partial charge in [0.1, 0.15) is 5.82 Å². The molecular formula is C22H30FN3O. The van der Waals surface area contributed by atoms with Gasteiger partial charge >= 0.3 is 0 Å². The Bertz CT molecular complexity index is 792. The van der Waals surface area contributed by atoms with Crippen LogP contribution < -0.4 is 5.32 Å². The summed E-state index contributed by atoms with van der Waals surface area (Å²) in [5, 5.41) is 3.70. The number of aryl methyl sites for hydroxylation is 1. The molecule has 0 bridgehead atoms. The highest BCUT2D eigenvalue weighted by atomic mass is 19.1. The summed E-state index contributed by atoms with van der Waals surface area (Å²) < 4.78 is 13.4. The van der Waals surface area contributed by atoms with E-state index in [1.54, 1.807) is 12.1 Å². The molecule has 2 atom stereocenters. The van der Waals surface area contributed by atoms with Crippen LogP contribution in [0.1, 0.15) is 49.2 Å². The zero-order valence-corrected chi connectivity index (χ0v) is 16.6. The molecule has 0 aliphatic carbocycles. The lowest BCUT2D eigenvalue weighted by atomic mass is 9.92. The van der Waals surface area contributed by atoms with Crippen LogP contribution in [0.4, 0.5) is 4.39 Å². The Hall–Kier alpha value is -2.01. The van der Waals surface area contributed by atoms with Gasteiger partial charge in [0.05, 0.1) is 11.1 Å². The Morgan fingerprint density at radius 3 is 2.70 bits per heavy atom. The molecule has 1 N–H and O–H groups in total. The second kappa shape index (κ2) is 8.79. The van der Waals surface area contributed by atoms with Gasteiger partial charge in [0.15, 0.2) is 0 Å². The minimum Gasteiger partial charge on any atom is -0.352 e. The number of likely N-dealkylation sites (tertiary alicyclic amines) is 1. The molecule has 0 radical (unpaired) electrons. The number of carbonyl (C=O) groups is 1.